The van der Waals surface area contributed by atoms with Gasteiger partial charge in [0, 0.05) is 32.2 Å². The number of nitrogens with two attached hydrogens (primary N) is 1. The van der Waals surface area contributed by atoms with E-state index in [2.05, 4.69) is 5.43 Å². The number of nitrogens with zero attached hydrogens (tertiary/aromatic N) is 1. The van der Waals surface area contributed by atoms with Crippen molar-refractivity contribution in [1.82, 2.24) is 5.43 Å². The molecule has 19 heavy (non-hydrogen) atoms. The molecule has 0 aliphatic rings. The zero-order valence-corrected chi connectivity index (χ0v) is 11.2. The minimum absolute atomic E-state index is 0.0601. The van der Waals surface area contributed by atoms with Crippen LogP contribution in [-0.2, 0) is 0 Å². The molecule has 1 atom stereocenters. The average molecular weight is 275 g/mol. The lowest BCUT2D eigenvalue weighted by atomic mass is 10.0. The van der Waals surface area contributed by atoms with Crippen molar-refractivity contribution >= 4 is 5.69 Å². The van der Waals surface area contributed by atoms with Crippen LogP contribution in [0, 0.1) is 0 Å². The van der Waals surface area contributed by atoms with Gasteiger partial charge in [-0.1, -0.05) is 12.1 Å². The van der Waals surface area contributed by atoms with Crippen molar-refractivity contribution in [1.29, 1.82) is 0 Å². The molecule has 1 unspecified atom stereocenters. The predicted molar refractivity (Wildman–Crippen MR) is 70.7 cm³/mol. The van der Waals surface area contributed by atoms with Crippen LogP contribution in [0.2, 0.25) is 0 Å². The Morgan fingerprint density at radius 1 is 1.32 bits per heavy atom. The molecule has 0 amide bonds. The van der Waals surface area contributed by atoms with Gasteiger partial charge >= 0.3 is 6.18 Å². The minimum Gasteiger partial charge on any atom is -0.378 e. The van der Waals surface area contributed by atoms with E-state index in [4.69, 9.17) is 5.84 Å². The highest BCUT2D eigenvalue weighted by molar-refractivity contribution is 5.47. The third kappa shape index (κ3) is 5.48. The molecule has 0 radical (unpaired) electrons. The fourth-order valence-electron chi connectivity index (χ4n) is 1.87. The van der Waals surface area contributed by atoms with E-state index in [1.54, 1.807) is 0 Å². The van der Waals surface area contributed by atoms with E-state index in [0.29, 0.717) is 6.42 Å². The van der Waals surface area contributed by atoms with Crippen molar-refractivity contribution in [2.24, 2.45) is 5.84 Å². The fraction of sp³-hybridized carbons (Fsp3) is 0.538. The quantitative estimate of drug-likeness (QED) is 0.619. The minimum atomic E-state index is -4.11. The van der Waals surface area contributed by atoms with E-state index < -0.39 is 12.6 Å². The zero-order valence-electron chi connectivity index (χ0n) is 11.2. The number of hydrogen-bond acceptors (Lipinski definition) is 3. The Hall–Kier alpha value is -1.27. The number of rotatable bonds is 6. The summed E-state index contributed by atoms with van der Waals surface area (Å²) in [5.41, 5.74) is 4.48. The fourth-order valence-corrected chi connectivity index (χ4v) is 1.87. The predicted octanol–water partition coefficient (Wildman–Crippen LogP) is 2.99. The van der Waals surface area contributed by atoms with Gasteiger partial charge in [-0.25, -0.2) is 0 Å². The number of alkyl halides is 3. The SMILES string of the molecule is CN(C)c1cccc(C(CCCC(F)(F)F)NN)c1. The maximum absolute atomic E-state index is 12.1. The van der Waals surface area contributed by atoms with Crippen molar-refractivity contribution in [3.8, 4) is 0 Å². The number of benzene rings is 1. The van der Waals surface area contributed by atoms with E-state index >= 15 is 0 Å². The molecule has 0 saturated carbocycles. The van der Waals surface area contributed by atoms with Gasteiger partial charge in [-0.05, 0) is 30.5 Å². The molecule has 1 rings (SSSR count). The zero-order chi connectivity index (χ0) is 14.5. The number of hydrazine groups is 1. The molecule has 6 heteroatoms. The second-order valence-electron chi connectivity index (χ2n) is 4.72. The smallest absolute Gasteiger partial charge is 0.378 e. The molecule has 3 nitrogen and oxygen atoms in total. The standard InChI is InChI=1S/C13H20F3N3/c1-19(2)11-6-3-5-10(9-11)12(18-17)7-4-8-13(14,15)16/h3,5-6,9,12,18H,4,7-8,17H2,1-2H3. The van der Waals surface area contributed by atoms with Gasteiger partial charge in [0.2, 0.25) is 0 Å². The van der Waals surface area contributed by atoms with Gasteiger partial charge in [0.05, 0.1) is 0 Å². The van der Waals surface area contributed by atoms with Crippen LogP contribution in [-0.4, -0.2) is 20.3 Å². The second kappa shape index (κ2) is 6.77. The van der Waals surface area contributed by atoms with E-state index in [9.17, 15) is 13.2 Å². The van der Waals surface area contributed by atoms with Crippen LogP contribution in [0.15, 0.2) is 24.3 Å². The maximum Gasteiger partial charge on any atom is 0.389 e. The summed E-state index contributed by atoms with van der Waals surface area (Å²) in [7, 11) is 3.82. The van der Waals surface area contributed by atoms with E-state index in [1.807, 2.05) is 43.3 Å². The van der Waals surface area contributed by atoms with E-state index in [-0.39, 0.29) is 12.5 Å². The Kier molecular flexibility index (Phi) is 5.62. The molecule has 0 bridgehead atoms. The van der Waals surface area contributed by atoms with Crippen LogP contribution in [0.5, 0.6) is 0 Å². The summed E-state index contributed by atoms with van der Waals surface area (Å²) in [6.45, 7) is 0. The first-order valence-electron chi connectivity index (χ1n) is 6.13. The molecule has 0 saturated heterocycles. The third-order valence-electron chi connectivity index (χ3n) is 2.94. The first kappa shape index (κ1) is 15.8. The highest BCUT2D eigenvalue weighted by atomic mass is 19.4. The molecule has 0 aromatic heterocycles. The van der Waals surface area contributed by atoms with E-state index in [1.165, 1.54) is 0 Å². The third-order valence-corrected chi connectivity index (χ3v) is 2.94. The normalized spacial score (nSPS) is 13.4. The van der Waals surface area contributed by atoms with Crippen molar-refractivity contribution in [2.75, 3.05) is 19.0 Å². The summed E-state index contributed by atoms with van der Waals surface area (Å²) >= 11 is 0. The summed E-state index contributed by atoms with van der Waals surface area (Å²) in [6, 6.07) is 7.34. The van der Waals surface area contributed by atoms with Gasteiger partial charge in [0.25, 0.3) is 0 Å². The second-order valence-corrected chi connectivity index (χ2v) is 4.72. The molecular weight excluding hydrogens is 255 g/mol. The largest absolute Gasteiger partial charge is 0.389 e. The van der Waals surface area contributed by atoms with Crippen molar-refractivity contribution in [3.63, 3.8) is 0 Å². The van der Waals surface area contributed by atoms with Gasteiger partial charge in [0.15, 0.2) is 0 Å². The van der Waals surface area contributed by atoms with Crippen molar-refractivity contribution in [3.05, 3.63) is 29.8 Å². The Balaban J connectivity index is 2.66. The molecule has 0 heterocycles. The Bertz CT molecular complexity index is 391. The van der Waals surface area contributed by atoms with Gasteiger partial charge in [-0.3, -0.25) is 11.3 Å². The molecule has 3 N–H and O–H groups in total. The number of hydrogen-bond donors (Lipinski definition) is 2. The molecule has 0 fully saturated rings. The summed E-state index contributed by atoms with van der Waals surface area (Å²) in [5.74, 6) is 5.44. The van der Waals surface area contributed by atoms with Crippen LogP contribution >= 0.6 is 0 Å². The molecule has 1 aromatic rings. The highest BCUT2D eigenvalue weighted by Gasteiger charge is 2.26. The highest BCUT2D eigenvalue weighted by Crippen LogP contribution is 2.27. The first-order chi connectivity index (χ1) is 8.83. The number of nitrogens with one attached hydrogen (secondary N) is 1. The van der Waals surface area contributed by atoms with Crippen LogP contribution in [0.1, 0.15) is 30.9 Å². The topological polar surface area (TPSA) is 41.3 Å². The summed E-state index contributed by atoms with van der Waals surface area (Å²) < 4.78 is 36.4. The van der Waals surface area contributed by atoms with Crippen LogP contribution < -0.4 is 16.2 Å². The van der Waals surface area contributed by atoms with Crippen molar-refractivity contribution in [2.45, 2.75) is 31.5 Å². The summed E-state index contributed by atoms with van der Waals surface area (Å²) in [4.78, 5) is 1.94. The van der Waals surface area contributed by atoms with Gasteiger partial charge in [-0.2, -0.15) is 13.2 Å². The Morgan fingerprint density at radius 2 is 2.00 bits per heavy atom. The van der Waals surface area contributed by atoms with Gasteiger partial charge < -0.3 is 4.90 Å². The Morgan fingerprint density at radius 3 is 2.53 bits per heavy atom. The molecule has 0 aliphatic carbocycles. The van der Waals surface area contributed by atoms with Crippen molar-refractivity contribution < 1.29 is 13.2 Å². The van der Waals surface area contributed by atoms with Gasteiger partial charge in [0.1, 0.15) is 0 Å². The molecule has 0 spiro atoms. The van der Waals surface area contributed by atoms with Gasteiger partial charge in [-0.15, -0.1) is 0 Å². The first-order valence-corrected chi connectivity index (χ1v) is 6.13. The Labute approximate surface area is 111 Å². The maximum atomic E-state index is 12.1. The lowest BCUT2D eigenvalue weighted by Gasteiger charge is -2.19. The molecule has 1 aromatic carbocycles. The molecule has 0 aliphatic heterocycles. The number of anilines is 1. The summed E-state index contributed by atoms with van der Waals surface area (Å²) in [5, 5.41) is 0. The average Bonchev–Trinajstić information content (AvgIpc) is 2.33. The number of halogens is 3. The van der Waals surface area contributed by atoms with E-state index in [0.717, 1.165) is 11.3 Å². The molecule has 108 valence electrons. The monoisotopic (exact) mass is 275 g/mol. The van der Waals surface area contributed by atoms with Crippen LogP contribution in [0.4, 0.5) is 18.9 Å². The lowest BCUT2D eigenvalue weighted by molar-refractivity contribution is -0.135. The van der Waals surface area contributed by atoms with Crippen LogP contribution in [0.25, 0.3) is 0 Å². The summed E-state index contributed by atoms with van der Waals surface area (Å²) in [6.07, 6.45) is -4.47. The van der Waals surface area contributed by atoms with Crippen LogP contribution in [0.3, 0.4) is 0 Å². The molecular formula is C13H20F3N3. The lowest BCUT2D eigenvalue weighted by Crippen LogP contribution is -2.28.